The second kappa shape index (κ2) is 7.75. The molecule has 3 rings (SSSR count). The Labute approximate surface area is 157 Å². The van der Waals surface area contributed by atoms with Crippen molar-refractivity contribution in [1.29, 1.82) is 0 Å². The number of halogens is 1. The van der Waals surface area contributed by atoms with Crippen LogP contribution in [0, 0.1) is 5.92 Å². The first-order valence-corrected chi connectivity index (χ1v) is 10.8. The van der Waals surface area contributed by atoms with Crippen LogP contribution in [-0.2, 0) is 14.6 Å². The van der Waals surface area contributed by atoms with Gasteiger partial charge in [0.1, 0.15) is 5.69 Å². The van der Waals surface area contributed by atoms with Crippen molar-refractivity contribution in [2.75, 3.05) is 23.0 Å². The third-order valence-corrected chi connectivity index (χ3v) is 6.36. The van der Waals surface area contributed by atoms with Crippen LogP contribution in [0.25, 0.3) is 5.69 Å². The summed E-state index contributed by atoms with van der Waals surface area (Å²) >= 11 is 6.22. The van der Waals surface area contributed by atoms with E-state index in [2.05, 4.69) is 10.1 Å². The molecule has 2 aromatic heterocycles. The van der Waals surface area contributed by atoms with E-state index in [1.54, 1.807) is 29.3 Å². The molecule has 140 valence electrons. The van der Waals surface area contributed by atoms with Crippen molar-refractivity contribution in [3.05, 3.63) is 35.9 Å². The molecule has 1 aliphatic carbocycles. The number of anilines is 1. The molecule has 0 radical (unpaired) electrons. The average Bonchev–Trinajstić information content (AvgIpc) is 3.34. The third-order valence-electron chi connectivity index (χ3n) is 4.28. The van der Waals surface area contributed by atoms with Gasteiger partial charge in [-0.05, 0) is 37.8 Å². The lowest BCUT2D eigenvalue weighted by atomic mass is 10.3. The van der Waals surface area contributed by atoms with Crippen molar-refractivity contribution in [1.82, 2.24) is 14.8 Å². The molecule has 26 heavy (non-hydrogen) atoms. The Kier molecular flexibility index (Phi) is 5.62. The number of pyridine rings is 1. The van der Waals surface area contributed by atoms with E-state index in [1.807, 2.05) is 13.0 Å². The number of sulfone groups is 1. The van der Waals surface area contributed by atoms with Gasteiger partial charge in [-0.2, -0.15) is 5.10 Å². The zero-order chi connectivity index (χ0) is 18.7. The molecule has 1 saturated carbocycles. The summed E-state index contributed by atoms with van der Waals surface area (Å²) < 4.78 is 25.7. The quantitative estimate of drug-likeness (QED) is 0.684. The average molecular weight is 397 g/mol. The summed E-state index contributed by atoms with van der Waals surface area (Å²) in [4.78, 5) is 18.1. The van der Waals surface area contributed by atoms with Crippen molar-refractivity contribution >= 4 is 33.0 Å². The SMILES string of the molecule is CCN(C(=O)CCS(=O)(=O)CC1CC1)c1cn(-c2cccnc2)nc1Cl. The molecule has 0 saturated heterocycles. The molecule has 2 heterocycles. The zero-order valence-electron chi connectivity index (χ0n) is 14.5. The van der Waals surface area contributed by atoms with Crippen molar-refractivity contribution in [3.63, 3.8) is 0 Å². The Morgan fingerprint density at radius 2 is 2.19 bits per heavy atom. The molecule has 0 atom stereocenters. The van der Waals surface area contributed by atoms with E-state index in [1.165, 1.54) is 4.90 Å². The highest BCUT2D eigenvalue weighted by Gasteiger charge is 2.29. The summed E-state index contributed by atoms with van der Waals surface area (Å²) in [6.07, 6.45) is 6.82. The number of hydrogen-bond donors (Lipinski definition) is 0. The first kappa shape index (κ1) is 18.8. The minimum absolute atomic E-state index is 0.0582. The maximum Gasteiger partial charge on any atom is 0.228 e. The molecule has 0 aromatic carbocycles. The van der Waals surface area contributed by atoms with Gasteiger partial charge in [0, 0.05) is 19.2 Å². The van der Waals surface area contributed by atoms with Crippen LogP contribution in [0.3, 0.4) is 0 Å². The van der Waals surface area contributed by atoms with Crippen LogP contribution in [0.5, 0.6) is 0 Å². The molecule has 0 bridgehead atoms. The molecule has 9 heteroatoms. The Balaban J connectivity index is 1.71. The lowest BCUT2D eigenvalue weighted by molar-refractivity contribution is -0.118. The summed E-state index contributed by atoms with van der Waals surface area (Å²) in [5.74, 6) is 0.0586. The monoisotopic (exact) mass is 396 g/mol. The van der Waals surface area contributed by atoms with Gasteiger partial charge in [0.25, 0.3) is 0 Å². The minimum atomic E-state index is -3.19. The lowest BCUT2D eigenvalue weighted by Crippen LogP contribution is -2.32. The number of rotatable bonds is 8. The van der Waals surface area contributed by atoms with Gasteiger partial charge in [-0.15, -0.1) is 0 Å². The highest BCUT2D eigenvalue weighted by Crippen LogP contribution is 2.31. The highest BCUT2D eigenvalue weighted by molar-refractivity contribution is 7.91. The Morgan fingerprint density at radius 3 is 2.81 bits per heavy atom. The molecule has 0 spiro atoms. The number of amides is 1. The van der Waals surface area contributed by atoms with E-state index in [0.29, 0.717) is 12.2 Å². The fourth-order valence-electron chi connectivity index (χ4n) is 2.73. The Morgan fingerprint density at radius 1 is 1.42 bits per heavy atom. The van der Waals surface area contributed by atoms with Crippen LogP contribution >= 0.6 is 11.6 Å². The van der Waals surface area contributed by atoms with Gasteiger partial charge < -0.3 is 4.90 Å². The first-order valence-electron chi connectivity index (χ1n) is 8.56. The Bertz CT molecular complexity index is 879. The van der Waals surface area contributed by atoms with Crippen molar-refractivity contribution in [2.45, 2.75) is 26.2 Å². The van der Waals surface area contributed by atoms with Crippen LogP contribution < -0.4 is 4.90 Å². The summed E-state index contributed by atoms with van der Waals surface area (Å²) in [6.45, 7) is 2.19. The van der Waals surface area contributed by atoms with E-state index < -0.39 is 9.84 Å². The third kappa shape index (κ3) is 4.62. The topological polar surface area (TPSA) is 85.2 Å². The van der Waals surface area contributed by atoms with Crippen molar-refractivity contribution < 1.29 is 13.2 Å². The molecule has 1 fully saturated rings. The fourth-order valence-corrected chi connectivity index (χ4v) is 4.67. The minimum Gasteiger partial charge on any atom is -0.308 e. The number of carbonyl (C=O) groups excluding carboxylic acids is 1. The summed E-state index contributed by atoms with van der Waals surface area (Å²) in [5, 5.41) is 4.40. The smallest absolute Gasteiger partial charge is 0.228 e. The number of hydrogen-bond acceptors (Lipinski definition) is 5. The fraction of sp³-hybridized carbons (Fsp3) is 0.471. The van der Waals surface area contributed by atoms with Gasteiger partial charge in [-0.3, -0.25) is 9.78 Å². The largest absolute Gasteiger partial charge is 0.308 e. The van der Waals surface area contributed by atoms with Crippen LogP contribution in [-0.4, -0.2) is 47.1 Å². The molecule has 1 amide bonds. The molecular weight excluding hydrogens is 376 g/mol. The number of carbonyl (C=O) groups is 1. The van der Waals surface area contributed by atoms with Gasteiger partial charge >= 0.3 is 0 Å². The van der Waals surface area contributed by atoms with Crippen LogP contribution in [0.2, 0.25) is 5.15 Å². The molecule has 1 aliphatic rings. The van der Waals surface area contributed by atoms with Crippen LogP contribution in [0.1, 0.15) is 26.2 Å². The lowest BCUT2D eigenvalue weighted by Gasteiger charge is -2.19. The van der Waals surface area contributed by atoms with Gasteiger partial charge in [0.2, 0.25) is 5.91 Å². The predicted octanol–water partition coefficient (Wildman–Crippen LogP) is 2.49. The van der Waals surface area contributed by atoms with E-state index in [4.69, 9.17) is 11.6 Å². The van der Waals surface area contributed by atoms with Gasteiger partial charge in [-0.25, -0.2) is 13.1 Å². The van der Waals surface area contributed by atoms with Gasteiger partial charge in [0.05, 0.1) is 29.6 Å². The molecule has 2 aromatic rings. The van der Waals surface area contributed by atoms with Crippen molar-refractivity contribution in [2.24, 2.45) is 5.92 Å². The Hall–Kier alpha value is -1.93. The maximum atomic E-state index is 12.6. The molecular formula is C17H21ClN4O3S. The van der Waals surface area contributed by atoms with E-state index >= 15 is 0 Å². The molecule has 0 N–H and O–H groups in total. The zero-order valence-corrected chi connectivity index (χ0v) is 16.1. The number of nitrogens with zero attached hydrogens (tertiary/aromatic N) is 4. The number of aromatic nitrogens is 3. The van der Waals surface area contributed by atoms with Crippen molar-refractivity contribution in [3.8, 4) is 5.69 Å². The predicted molar refractivity (Wildman–Crippen MR) is 100 cm³/mol. The molecule has 7 nitrogen and oxygen atoms in total. The molecule has 0 aliphatic heterocycles. The highest BCUT2D eigenvalue weighted by atomic mass is 35.5. The van der Waals surface area contributed by atoms with Gasteiger partial charge in [0.15, 0.2) is 15.0 Å². The summed E-state index contributed by atoms with van der Waals surface area (Å²) in [7, 11) is -3.19. The van der Waals surface area contributed by atoms with E-state index in [9.17, 15) is 13.2 Å². The maximum absolute atomic E-state index is 12.6. The van der Waals surface area contributed by atoms with Crippen LogP contribution in [0.15, 0.2) is 30.7 Å². The summed E-state index contributed by atoms with van der Waals surface area (Å²) in [6, 6.07) is 3.60. The first-order chi connectivity index (χ1) is 12.4. The summed E-state index contributed by atoms with van der Waals surface area (Å²) in [5.41, 5.74) is 1.18. The normalized spacial score (nSPS) is 14.4. The second-order valence-corrected chi connectivity index (χ2v) is 8.99. The van der Waals surface area contributed by atoms with E-state index in [0.717, 1.165) is 18.5 Å². The van der Waals surface area contributed by atoms with E-state index in [-0.39, 0.29) is 34.9 Å². The van der Waals surface area contributed by atoms with Crippen LogP contribution in [0.4, 0.5) is 5.69 Å². The second-order valence-electron chi connectivity index (χ2n) is 6.41. The van der Waals surface area contributed by atoms with Gasteiger partial charge in [-0.1, -0.05) is 11.6 Å². The standard InChI is InChI=1S/C17H21ClN4O3S/c1-2-21(16(23)7-9-26(24,25)12-13-5-6-13)15-11-22(20-17(15)18)14-4-3-8-19-10-14/h3-4,8,10-11,13H,2,5-7,9,12H2,1H3. The molecule has 0 unspecified atom stereocenters.